The number of aldehydes is 1. The number of aromatic nitrogens is 1. The summed E-state index contributed by atoms with van der Waals surface area (Å²) in [6.45, 7) is 7.25. The van der Waals surface area contributed by atoms with Gasteiger partial charge in [-0.2, -0.15) is 0 Å². The minimum atomic E-state index is -0.0515. The van der Waals surface area contributed by atoms with E-state index in [1.165, 1.54) is 5.56 Å². The van der Waals surface area contributed by atoms with Gasteiger partial charge in [0.05, 0.1) is 6.54 Å². The molecular weight excluding hydrogens is 228 g/mol. The quantitative estimate of drug-likeness (QED) is 0.649. The van der Waals surface area contributed by atoms with E-state index in [-0.39, 0.29) is 5.41 Å². The van der Waals surface area contributed by atoms with E-state index in [9.17, 15) is 4.79 Å². The molecule has 4 heteroatoms. The van der Waals surface area contributed by atoms with Crippen LogP contribution < -0.4 is 5.32 Å². The average Bonchev–Trinajstić information content (AvgIpc) is 2.68. The van der Waals surface area contributed by atoms with E-state index >= 15 is 0 Å². The Hall–Kier alpha value is -1.68. The summed E-state index contributed by atoms with van der Waals surface area (Å²) < 4.78 is 5.46. The average molecular weight is 246 g/mol. The Kier molecular flexibility index (Phi) is 3.48. The molecule has 1 heterocycles. The van der Waals surface area contributed by atoms with Gasteiger partial charge < -0.3 is 14.5 Å². The first kappa shape index (κ1) is 12.8. The number of carbonyl (C=O) groups is 1. The Balaban J connectivity index is 2.25. The van der Waals surface area contributed by atoms with Crippen molar-refractivity contribution >= 4 is 17.4 Å². The van der Waals surface area contributed by atoms with E-state index in [2.05, 4.69) is 36.3 Å². The normalized spacial score (nSPS) is 11.9. The highest BCUT2D eigenvalue weighted by Crippen LogP contribution is 2.26. The van der Waals surface area contributed by atoms with Gasteiger partial charge in [-0.05, 0) is 17.7 Å². The van der Waals surface area contributed by atoms with Gasteiger partial charge in [0, 0.05) is 18.9 Å². The lowest BCUT2D eigenvalue weighted by Gasteiger charge is -2.25. The number of rotatable bonds is 5. The number of fused-ring (bicyclic) bond motifs is 1. The summed E-state index contributed by atoms with van der Waals surface area (Å²) in [4.78, 5) is 14.7. The van der Waals surface area contributed by atoms with Crippen LogP contribution in [0.1, 0.15) is 25.3 Å². The van der Waals surface area contributed by atoms with Crippen molar-refractivity contribution in [3.8, 4) is 0 Å². The van der Waals surface area contributed by atoms with Crippen molar-refractivity contribution in [2.24, 2.45) is 0 Å². The third kappa shape index (κ3) is 2.59. The van der Waals surface area contributed by atoms with Gasteiger partial charge in [0.2, 0.25) is 0 Å². The van der Waals surface area contributed by atoms with Gasteiger partial charge >= 0.3 is 0 Å². The molecule has 1 aromatic heterocycles. The zero-order chi connectivity index (χ0) is 13.2. The number of nitrogens with one attached hydrogen (secondary N) is 1. The largest absolute Gasteiger partial charge is 0.441 e. The predicted octanol–water partition coefficient (Wildman–Crippen LogP) is 2.20. The molecule has 1 aromatic carbocycles. The highest BCUT2D eigenvalue weighted by Gasteiger charge is 2.21. The number of hydrogen-bond acceptors (Lipinski definition) is 4. The van der Waals surface area contributed by atoms with Gasteiger partial charge in [0.15, 0.2) is 11.5 Å². The number of aryl methyl sites for hydroxylation is 1. The molecule has 2 aromatic rings. The van der Waals surface area contributed by atoms with Crippen LogP contribution in [0.5, 0.6) is 0 Å². The maximum atomic E-state index is 10.3. The summed E-state index contributed by atoms with van der Waals surface area (Å²) in [7, 11) is 0. The van der Waals surface area contributed by atoms with Gasteiger partial charge in [0.25, 0.3) is 0 Å². The molecule has 0 fully saturated rings. The molecule has 0 radical (unpaired) electrons. The topological polar surface area (TPSA) is 55.1 Å². The summed E-state index contributed by atoms with van der Waals surface area (Å²) in [6.07, 6.45) is 0.875. The Labute approximate surface area is 106 Å². The fraction of sp³-hybridized carbons (Fsp3) is 0.429. The summed E-state index contributed by atoms with van der Waals surface area (Å²) in [6, 6.07) is 6.05. The highest BCUT2D eigenvalue weighted by molar-refractivity contribution is 5.73. The fourth-order valence-corrected chi connectivity index (χ4v) is 2.01. The van der Waals surface area contributed by atoms with Crippen molar-refractivity contribution in [3.05, 3.63) is 29.7 Å². The number of hydrogen-bond donors (Lipinski definition) is 1. The fourth-order valence-electron chi connectivity index (χ4n) is 2.01. The summed E-state index contributed by atoms with van der Waals surface area (Å²) in [5.41, 5.74) is 2.83. The van der Waals surface area contributed by atoms with E-state index in [4.69, 9.17) is 4.42 Å². The molecule has 1 N–H and O–H groups in total. The van der Waals surface area contributed by atoms with Crippen molar-refractivity contribution in [1.29, 1.82) is 0 Å². The van der Waals surface area contributed by atoms with Crippen LogP contribution in [0.25, 0.3) is 11.1 Å². The predicted molar refractivity (Wildman–Crippen MR) is 70.7 cm³/mol. The molecular formula is C14H18N2O2. The first-order valence-electron chi connectivity index (χ1n) is 6.05. The van der Waals surface area contributed by atoms with Crippen LogP contribution in [0.2, 0.25) is 0 Å². The van der Waals surface area contributed by atoms with Gasteiger partial charge in [-0.1, -0.05) is 19.9 Å². The Morgan fingerprint density at radius 3 is 2.94 bits per heavy atom. The van der Waals surface area contributed by atoms with Crippen molar-refractivity contribution in [2.75, 3.05) is 13.1 Å². The van der Waals surface area contributed by atoms with E-state index in [0.717, 1.165) is 23.9 Å². The lowest BCUT2D eigenvalue weighted by Crippen LogP contribution is -2.33. The van der Waals surface area contributed by atoms with E-state index < -0.39 is 0 Å². The van der Waals surface area contributed by atoms with Gasteiger partial charge in [-0.15, -0.1) is 0 Å². The van der Waals surface area contributed by atoms with Gasteiger partial charge in [-0.25, -0.2) is 4.98 Å². The first-order valence-corrected chi connectivity index (χ1v) is 6.05. The second-order valence-electron chi connectivity index (χ2n) is 5.10. The van der Waals surface area contributed by atoms with Crippen LogP contribution in [0.4, 0.5) is 0 Å². The maximum Gasteiger partial charge on any atom is 0.192 e. The SMILES string of the molecule is Cc1nc2cc(C(C)(C)CNCC=O)ccc2o1. The second-order valence-corrected chi connectivity index (χ2v) is 5.10. The number of carbonyl (C=O) groups excluding carboxylic acids is 1. The monoisotopic (exact) mass is 246 g/mol. The molecule has 0 atom stereocenters. The third-order valence-electron chi connectivity index (χ3n) is 3.07. The number of benzene rings is 1. The second kappa shape index (κ2) is 4.90. The molecule has 2 rings (SSSR count). The molecule has 0 aliphatic carbocycles. The minimum Gasteiger partial charge on any atom is -0.441 e. The summed E-state index contributed by atoms with van der Waals surface area (Å²) >= 11 is 0. The van der Waals surface area contributed by atoms with Crippen molar-refractivity contribution in [2.45, 2.75) is 26.2 Å². The molecule has 0 amide bonds. The summed E-state index contributed by atoms with van der Waals surface area (Å²) in [5, 5.41) is 3.12. The standard InChI is InChI=1S/C14H18N2O2/c1-10-16-12-8-11(4-5-13(12)18-10)14(2,3)9-15-6-7-17/h4-5,7-8,15H,6,9H2,1-3H3. The lowest BCUT2D eigenvalue weighted by atomic mass is 9.84. The Bertz CT molecular complexity index is 558. The van der Waals surface area contributed by atoms with Crippen molar-refractivity contribution < 1.29 is 9.21 Å². The molecule has 0 unspecified atom stereocenters. The van der Waals surface area contributed by atoms with Crippen molar-refractivity contribution in [1.82, 2.24) is 10.3 Å². The molecule has 0 aliphatic heterocycles. The zero-order valence-corrected chi connectivity index (χ0v) is 11.0. The number of oxazole rings is 1. The van der Waals surface area contributed by atoms with Crippen LogP contribution in [-0.2, 0) is 10.2 Å². The molecule has 0 spiro atoms. The molecule has 0 bridgehead atoms. The van der Waals surface area contributed by atoms with E-state index in [1.807, 2.05) is 13.0 Å². The van der Waals surface area contributed by atoms with Gasteiger partial charge in [-0.3, -0.25) is 0 Å². The summed E-state index contributed by atoms with van der Waals surface area (Å²) in [5.74, 6) is 0.680. The zero-order valence-electron chi connectivity index (χ0n) is 11.0. The molecule has 0 saturated heterocycles. The van der Waals surface area contributed by atoms with Gasteiger partial charge in [0.1, 0.15) is 11.8 Å². The highest BCUT2D eigenvalue weighted by atomic mass is 16.3. The van der Waals surface area contributed by atoms with Crippen LogP contribution in [0, 0.1) is 6.92 Å². The Morgan fingerprint density at radius 1 is 1.44 bits per heavy atom. The number of nitrogens with zero attached hydrogens (tertiary/aromatic N) is 1. The molecule has 96 valence electrons. The third-order valence-corrected chi connectivity index (χ3v) is 3.07. The minimum absolute atomic E-state index is 0.0515. The molecule has 0 aliphatic rings. The van der Waals surface area contributed by atoms with Crippen molar-refractivity contribution in [3.63, 3.8) is 0 Å². The molecule has 18 heavy (non-hydrogen) atoms. The Morgan fingerprint density at radius 2 is 2.22 bits per heavy atom. The van der Waals surface area contributed by atoms with Crippen LogP contribution in [0.3, 0.4) is 0 Å². The maximum absolute atomic E-state index is 10.3. The molecule has 4 nitrogen and oxygen atoms in total. The first-order chi connectivity index (χ1) is 8.53. The van der Waals surface area contributed by atoms with Crippen LogP contribution in [-0.4, -0.2) is 24.4 Å². The molecule has 0 saturated carbocycles. The lowest BCUT2D eigenvalue weighted by molar-refractivity contribution is -0.107. The van der Waals surface area contributed by atoms with Crippen LogP contribution >= 0.6 is 0 Å². The van der Waals surface area contributed by atoms with E-state index in [0.29, 0.717) is 12.4 Å². The van der Waals surface area contributed by atoms with Crippen LogP contribution in [0.15, 0.2) is 22.6 Å². The smallest absolute Gasteiger partial charge is 0.192 e. The van der Waals surface area contributed by atoms with E-state index in [1.54, 1.807) is 0 Å².